The van der Waals surface area contributed by atoms with Crippen molar-refractivity contribution in [2.45, 2.75) is 78.8 Å². The average Bonchev–Trinajstić information content (AvgIpc) is 2.40. The Morgan fingerprint density at radius 1 is 0.810 bits per heavy atom. The second kappa shape index (κ2) is 9.70. The molecule has 2 atom stereocenters. The fourth-order valence-electron chi connectivity index (χ4n) is 2.77. The Bertz CT molecular complexity index is 370. The van der Waals surface area contributed by atoms with E-state index in [1.54, 1.807) is 0 Å². The maximum atomic E-state index is 3.59. The zero-order chi connectivity index (χ0) is 15.7. The summed E-state index contributed by atoms with van der Waals surface area (Å²) in [4.78, 5) is 0. The van der Waals surface area contributed by atoms with Gasteiger partial charge in [-0.3, -0.25) is 0 Å². The van der Waals surface area contributed by atoms with Crippen LogP contribution in [-0.4, -0.2) is 12.1 Å². The number of rotatable bonds is 10. The second-order valence-corrected chi connectivity index (χ2v) is 6.79. The van der Waals surface area contributed by atoms with Crippen molar-refractivity contribution in [2.24, 2.45) is 5.92 Å². The summed E-state index contributed by atoms with van der Waals surface area (Å²) in [6, 6.07) is 9.80. The van der Waals surface area contributed by atoms with Crippen molar-refractivity contribution in [3.8, 4) is 0 Å². The molecule has 1 aromatic rings. The van der Waals surface area contributed by atoms with Crippen molar-refractivity contribution >= 4 is 11.4 Å². The van der Waals surface area contributed by atoms with Crippen molar-refractivity contribution in [3.63, 3.8) is 0 Å². The van der Waals surface area contributed by atoms with Crippen LogP contribution >= 0.6 is 0 Å². The summed E-state index contributed by atoms with van der Waals surface area (Å²) in [7, 11) is 0. The number of hydrogen-bond donors (Lipinski definition) is 2. The number of nitrogens with one attached hydrogen (secondary N) is 2. The van der Waals surface area contributed by atoms with Crippen LogP contribution in [0, 0.1) is 5.92 Å². The number of hydrogen-bond acceptors (Lipinski definition) is 2. The first-order valence-electron chi connectivity index (χ1n) is 8.64. The Hall–Kier alpha value is -1.18. The van der Waals surface area contributed by atoms with E-state index < -0.39 is 0 Å². The van der Waals surface area contributed by atoms with E-state index in [9.17, 15) is 0 Å². The molecule has 0 saturated carbocycles. The van der Waals surface area contributed by atoms with Crippen LogP contribution in [0.15, 0.2) is 24.3 Å². The standard InChI is InChI=1S/C19H34N2/c1-6-7-8-9-16(4)20-18-10-12-19(13-11-18)21-17(5)14-15(2)3/h10-13,15-17,20-21H,6-9,14H2,1-5H3. The third kappa shape index (κ3) is 7.99. The molecule has 1 aromatic carbocycles. The number of anilines is 2. The van der Waals surface area contributed by atoms with E-state index in [1.165, 1.54) is 43.5 Å². The fourth-order valence-corrected chi connectivity index (χ4v) is 2.77. The highest BCUT2D eigenvalue weighted by molar-refractivity contribution is 5.54. The van der Waals surface area contributed by atoms with E-state index >= 15 is 0 Å². The first-order chi connectivity index (χ1) is 10.0. The van der Waals surface area contributed by atoms with Crippen LogP contribution in [0.1, 0.15) is 66.7 Å². The molecule has 0 aliphatic carbocycles. The molecule has 0 heterocycles. The Morgan fingerprint density at radius 3 is 1.81 bits per heavy atom. The van der Waals surface area contributed by atoms with Gasteiger partial charge in [0.15, 0.2) is 0 Å². The minimum absolute atomic E-state index is 0.525. The summed E-state index contributed by atoms with van der Waals surface area (Å²) in [5.74, 6) is 0.734. The van der Waals surface area contributed by atoms with Crippen LogP contribution in [0.2, 0.25) is 0 Å². The zero-order valence-corrected chi connectivity index (χ0v) is 14.6. The summed E-state index contributed by atoms with van der Waals surface area (Å²) in [6.45, 7) is 11.3. The van der Waals surface area contributed by atoms with Gasteiger partial charge < -0.3 is 10.6 Å². The summed E-state index contributed by atoms with van der Waals surface area (Å²) in [6.07, 6.45) is 6.40. The van der Waals surface area contributed by atoms with Crippen LogP contribution in [0.5, 0.6) is 0 Å². The van der Waals surface area contributed by atoms with Gasteiger partial charge in [0, 0.05) is 23.5 Å². The molecule has 0 aliphatic heterocycles. The lowest BCUT2D eigenvalue weighted by atomic mass is 10.1. The molecule has 21 heavy (non-hydrogen) atoms. The summed E-state index contributed by atoms with van der Waals surface area (Å²) in [5, 5.41) is 7.15. The third-order valence-electron chi connectivity index (χ3n) is 3.78. The van der Waals surface area contributed by atoms with E-state index in [0.29, 0.717) is 12.1 Å². The lowest BCUT2D eigenvalue weighted by Crippen LogP contribution is -2.17. The molecule has 2 unspecified atom stereocenters. The Kier molecular flexibility index (Phi) is 8.26. The molecule has 0 fully saturated rings. The predicted octanol–water partition coefficient (Wildman–Crippen LogP) is 5.91. The molecule has 0 saturated heterocycles. The SMILES string of the molecule is CCCCCC(C)Nc1ccc(NC(C)CC(C)C)cc1. The molecule has 1 rings (SSSR count). The highest BCUT2D eigenvalue weighted by Gasteiger charge is 2.05. The summed E-state index contributed by atoms with van der Waals surface area (Å²) < 4.78 is 0. The molecule has 2 nitrogen and oxygen atoms in total. The monoisotopic (exact) mass is 290 g/mol. The molecule has 0 bridgehead atoms. The van der Waals surface area contributed by atoms with Crippen LogP contribution in [-0.2, 0) is 0 Å². The van der Waals surface area contributed by atoms with E-state index in [1.807, 2.05) is 0 Å². The van der Waals surface area contributed by atoms with Crippen molar-refractivity contribution in [1.29, 1.82) is 0 Å². The van der Waals surface area contributed by atoms with E-state index in [-0.39, 0.29) is 0 Å². The minimum atomic E-state index is 0.525. The fraction of sp³-hybridized carbons (Fsp3) is 0.684. The van der Waals surface area contributed by atoms with E-state index in [0.717, 1.165) is 5.92 Å². The molecule has 0 aliphatic rings. The van der Waals surface area contributed by atoms with Crippen molar-refractivity contribution in [2.75, 3.05) is 10.6 Å². The van der Waals surface area contributed by atoms with Gasteiger partial charge in [-0.05, 0) is 56.9 Å². The molecule has 2 heteroatoms. The van der Waals surface area contributed by atoms with Gasteiger partial charge in [-0.1, -0.05) is 40.0 Å². The normalized spacial score (nSPS) is 14.0. The average molecular weight is 290 g/mol. The van der Waals surface area contributed by atoms with Crippen LogP contribution in [0.3, 0.4) is 0 Å². The molecule has 2 N–H and O–H groups in total. The van der Waals surface area contributed by atoms with E-state index in [2.05, 4.69) is 69.5 Å². The highest BCUT2D eigenvalue weighted by Crippen LogP contribution is 2.18. The largest absolute Gasteiger partial charge is 0.383 e. The van der Waals surface area contributed by atoms with Gasteiger partial charge in [-0.15, -0.1) is 0 Å². The second-order valence-electron chi connectivity index (χ2n) is 6.79. The van der Waals surface area contributed by atoms with Crippen LogP contribution < -0.4 is 10.6 Å². The molecule has 0 aromatic heterocycles. The maximum Gasteiger partial charge on any atom is 0.0343 e. The summed E-state index contributed by atoms with van der Waals surface area (Å²) in [5.41, 5.74) is 2.44. The first kappa shape index (κ1) is 17.9. The molecular formula is C19H34N2. The zero-order valence-electron chi connectivity index (χ0n) is 14.6. The molecule has 0 spiro atoms. The van der Waals surface area contributed by atoms with Gasteiger partial charge in [0.1, 0.15) is 0 Å². The minimum Gasteiger partial charge on any atom is -0.383 e. The quantitative estimate of drug-likeness (QED) is 0.523. The van der Waals surface area contributed by atoms with E-state index in [4.69, 9.17) is 0 Å². The first-order valence-corrected chi connectivity index (χ1v) is 8.64. The van der Waals surface area contributed by atoms with Crippen LogP contribution in [0.4, 0.5) is 11.4 Å². The number of benzene rings is 1. The Labute approximate surface area is 131 Å². The van der Waals surface area contributed by atoms with Gasteiger partial charge in [0.2, 0.25) is 0 Å². The van der Waals surface area contributed by atoms with Crippen molar-refractivity contribution in [1.82, 2.24) is 0 Å². The third-order valence-corrected chi connectivity index (χ3v) is 3.78. The van der Waals surface area contributed by atoms with Crippen molar-refractivity contribution in [3.05, 3.63) is 24.3 Å². The van der Waals surface area contributed by atoms with Gasteiger partial charge >= 0.3 is 0 Å². The highest BCUT2D eigenvalue weighted by atomic mass is 14.9. The molecular weight excluding hydrogens is 256 g/mol. The topological polar surface area (TPSA) is 24.1 Å². The molecule has 0 amide bonds. The van der Waals surface area contributed by atoms with Crippen LogP contribution in [0.25, 0.3) is 0 Å². The summed E-state index contributed by atoms with van der Waals surface area (Å²) >= 11 is 0. The van der Waals surface area contributed by atoms with Gasteiger partial charge in [-0.2, -0.15) is 0 Å². The number of unbranched alkanes of at least 4 members (excludes halogenated alkanes) is 2. The smallest absolute Gasteiger partial charge is 0.0343 e. The van der Waals surface area contributed by atoms with Gasteiger partial charge in [0.25, 0.3) is 0 Å². The Morgan fingerprint density at radius 2 is 1.33 bits per heavy atom. The molecule has 0 radical (unpaired) electrons. The van der Waals surface area contributed by atoms with Gasteiger partial charge in [-0.25, -0.2) is 0 Å². The molecule has 120 valence electrons. The van der Waals surface area contributed by atoms with Crippen molar-refractivity contribution < 1.29 is 0 Å². The van der Waals surface area contributed by atoms with Gasteiger partial charge in [0.05, 0.1) is 0 Å². The Balaban J connectivity index is 2.39. The lowest BCUT2D eigenvalue weighted by molar-refractivity contribution is 0.540. The maximum absolute atomic E-state index is 3.59. The lowest BCUT2D eigenvalue weighted by Gasteiger charge is -2.18. The predicted molar refractivity (Wildman–Crippen MR) is 96.2 cm³/mol.